The average molecular weight is 338 g/mol. The maximum absolute atomic E-state index is 12.3. The van der Waals surface area contributed by atoms with Crippen LogP contribution in [0.4, 0.5) is 5.69 Å². The smallest absolute Gasteiger partial charge is 0.232 e. The second kappa shape index (κ2) is 7.23. The van der Waals surface area contributed by atoms with Gasteiger partial charge in [0.15, 0.2) is 4.77 Å². The largest absolute Gasteiger partial charge is 0.326 e. The molecule has 0 aliphatic rings. The van der Waals surface area contributed by atoms with Crippen LogP contribution in [0, 0.1) is 11.7 Å². The zero-order valence-electron chi connectivity index (χ0n) is 13.3. The van der Waals surface area contributed by atoms with Gasteiger partial charge in [-0.05, 0) is 36.8 Å². The molecule has 0 spiro atoms. The minimum atomic E-state index is -0.123. The average Bonchev–Trinajstić information content (AvgIpc) is 2.91. The van der Waals surface area contributed by atoms with Gasteiger partial charge in [0.1, 0.15) is 5.82 Å². The van der Waals surface area contributed by atoms with Gasteiger partial charge in [-0.15, -0.1) is 0 Å². The standard InChI is InChI=1S/C18H18N4OS/c1-13-7-9-15(10-8-13)19-17(23)11-16-20-21-18(24)22(16)12-14-5-3-2-4-6-14/h2-10H,11-12H2,1H3,(H,19,23)(H,21,24). The number of anilines is 1. The lowest BCUT2D eigenvalue weighted by Gasteiger charge is -2.08. The Bertz CT molecular complexity index is 881. The van der Waals surface area contributed by atoms with Crippen LogP contribution < -0.4 is 5.32 Å². The molecule has 0 aliphatic carbocycles. The molecule has 5 nitrogen and oxygen atoms in total. The molecule has 1 heterocycles. The summed E-state index contributed by atoms with van der Waals surface area (Å²) in [6.45, 7) is 2.59. The maximum atomic E-state index is 12.3. The van der Waals surface area contributed by atoms with E-state index in [1.165, 1.54) is 0 Å². The van der Waals surface area contributed by atoms with Gasteiger partial charge in [-0.2, -0.15) is 5.10 Å². The van der Waals surface area contributed by atoms with Crippen LogP contribution in [0.3, 0.4) is 0 Å². The number of aromatic amines is 1. The van der Waals surface area contributed by atoms with Gasteiger partial charge in [-0.3, -0.25) is 14.5 Å². The second-order valence-electron chi connectivity index (χ2n) is 5.61. The van der Waals surface area contributed by atoms with Gasteiger partial charge in [0.2, 0.25) is 5.91 Å². The zero-order valence-corrected chi connectivity index (χ0v) is 14.1. The van der Waals surface area contributed by atoms with E-state index in [9.17, 15) is 4.79 Å². The number of hydrogen-bond donors (Lipinski definition) is 2. The summed E-state index contributed by atoms with van der Waals surface area (Å²) in [5.41, 5.74) is 3.03. The predicted octanol–water partition coefficient (Wildman–Crippen LogP) is 3.48. The van der Waals surface area contributed by atoms with Crippen molar-refractivity contribution in [1.29, 1.82) is 0 Å². The first-order valence-electron chi connectivity index (χ1n) is 7.66. The molecule has 122 valence electrons. The van der Waals surface area contributed by atoms with Gasteiger partial charge in [-0.25, -0.2) is 0 Å². The number of benzene rings is 2. The van der Waals surface area contributed by atoms with Crippen molar-refractivity contribution in [3.8, 4) is 0 Å². The summed E-state index contributed by atoms with van der Waals surface area (Å²) in [6.07, 6.45) is 0.161. The van der Waals surface area contributed by atoms with E-state index < -0.39 is 0 Å². The first-order valence-corrected chi connectivity index (χ1v) is 8.07. The molecule has 2 aromatic carbocycles. The molecule has 1 amide bonds. The molecule has 0 saturated carbocycles. The van der Waals surface area contributed by atoms with Crippen molar-refractivity contribution in [3.05, 3.63) is 76.3 Å². The summed E-state index contributed by atoms with van der Waals surface area (Å²) in [7, 11) is 0. The molecule has 3 aromatic rings. The van der Waals surface area contributed by atoms with Crippen LogP contribution >= 0.6 is 12.2 Å². The Morgan fingerprint density at radius 1 is 1.17 bits per heavy atom. The van der Waals surface area contributed by atoms with Crippen molar-refractivity contribution in [1.82, 2.24) is 14.8 Å². The normalized spacial score (nSPS) is 10.5. The van der Waals surface area contributed by atoms with Gasteiger partial charge in [0.05, 0.1) is 13.0 Å². The van der Waals surface area contributed by atoms with E-state index >= 15 is 0 Å². The van der Waals surface area contributed by atoms with E-state index in [1.54, 1.807) is 0 Å². The Hall–Kier alpha value is -2.73. The molecule has 0 saturated heterocycles. The molecular formula is C18H18N4OS. The number of rotatable bonds is 5. The third kappa shape index (κ3) is 3.97. The van der Waals surface area contributed by atoms with E-state index in [0.29, 0.717) is 17.1 Å². The zero-order chi connectivity index (χ0) is 16.9. The number of nitrogens with zero attached hydrogens (tertiary/aromatic N) is 2. The van der Waals surface area contributed by atoms with Gasteiger partial charge in [-0.1, -0.05) is 48.0 Å². The summed E-state index contributed by atoms with van der Waals surface area (Å²) in [5.74, 6) is 0.496. The molecule has 2 N–H and O–H groups in total. The van der Waals surface area contributed by atoms with Crippen molar-refractivity contribution in [3.63, 3.8) is 0 Å². The van der Waals surface area contributed by atoms with Crippen LogP contribution in [0.25, 0.3) is 0 Å². The van der Waals surface area contributed by atoms with Crippen LogP contribution in [-0.4, -0.2) is 20.7 Å². The van der Waals surface area contributed by atoms with Gasteiger partial charge < -0.3 is 5.32 Å². The number of carbonyl (C=O) groups excluding carboxylic acids is 1. The molecular weight excluding hydrogens is 320 g/mol. The summed E-state index contributed by atoms with van der Waals surface area (Å²) < 4.78 is 2.36. The Balaban J connectivity index is 1.72. The molecule has 6 heteroatoms. The second-order valence-corrected chi connectivity index (χ2v) is 5.99. The van der Waals surface area contributed by atoms with Crippen molar-refractivity contribution in [2.24, 2.45) is 0 Å². The van der Waals surface area contributed by atoms with Gasteiger partial charge >= 0.3 is 0 Å². The highest BCUT2D eigenvalue weighted by Gasteiger charge is 2.12. The SMILES string of the molecule is Cc1ccc(NC(=O)Cc2n[nH]c(=S)n2Cc2ccccc2)cc1. The highest BCUT2D eigenvalue weighted by Crippen LogP contribution is 2.10. The van der Waals surface area contributed by atoms with Crippen molar-refractivity contribution < 1.29 is 4.79 Å². The van der Waals surface area contributed by atoms with E-state index in [0.717, 1.165) is 16.8 Å². The summed E-state index contributed by atoms with van der Waals surface area (Å²) >= 11 is 5.28. The van der Waals surface area contributed by atoms with Crippen molar-refractivity contribution >= 4 is 23.8 Å². The highest BCUT2D eigenvalue weighted by molar-refractivity contribution is 7.71. The lowest BCUT2D eigenvalue weighted by atomic mass is 10.2. The molecule has 0 aliphatic heterocycles. The fraction of sp³-hybridized carbons (Fsp3) is 0.167. The number of amides is 1. The molecule has 3 rings (SSSR count). The first-order chi connectivity index (χ1) is 11.6. The Kier molecular flexibility index (Phi) is 4.86. The number of nitrogens with one attached hydrogen (secondary N) is 2. The topological polar surface area (TPSA) is 62.7 Å². The maximum Gasteiger partial charge on any atom is 0.232 e. The molecule has 1 aromatic heterocycles. The molecule has 0 radical (unpaired) electrons. The van der Waals surface area contributed by atoms with Crippen LogP contribution in [0.15, 0.2) is 54.6 Å². The number of hydrogen-bond acceptors (Lipinski definition) is 3. The van der Waals surface area contributed by atoms with Crippen LogP contribution in [-0.2, 0) is 17.8 Å². The van der Waals surface area contributed by atoms with E-state index in [-0.39, 0.29) is 12.3 Å². The minimum absolute atomic E-state index is 0.123. The summed E-state index contributed by atoms with van der Waals surface area (Å²) in [4.78, 5) is 12.3. The van der Waals surface area contributed by atoms with Gasteiger partial charge in [0, 0.05) is 5.69 Å². The van der Waals surface area contributed by atoms with Crippen LogP contribution in [0.1, 0.15) is 17.0 Å². The number of aromatic nitrogens is 3. The fourth-order valence-electron chi connectivity index (χ4n) is 2.40. The first kappa shape index (κ1) is 16.1. The van der Waals surface area contributed by atoms with E-state index in [2.05, 4.69) is 15.5 Å². The van der Waals surface area contributed by atoms with E-state index in [1.807, 2.05) is 66.1 Å². The third-order valence-corrected chi connectivity index (χ3v) is 3.99. The molecule has 0 fully saturated rings. The Morgan fingerprint density at radius 3 is 2.58 bits per heavy atom. The minimum Gasteiger partial charge on any atom is -0.326 e. The third-order valence-electron chi connectivity index (χ3n) is 3.67. The summed E-state index contributed by atoms with van der Waals surface area (Å²) in [5, 5.41) is 9.84. The number of carbonyl (C=O) groups is 1. The Labute approximate surface area is 145 Å². The Morgan fingerprint density at radius 2 is 1.88 bits per heavy atom. The van der Waals surface area contributed by atoms with Crippen molar-refractivity contribution in [2.75, 3.05) is 5.32 Å². The summed E-state index contributed by atoms with van der Waals surface area (Å²) in [6, 6.07) is 17.6. The van der Waals surface area contributed by atoms with E-state index in [4.69, 9.17) is 12.2 Å². The highest BCUT2D eigenvalue weighted by atomic mass is 32.1. The fourth-order valence-corrected chi connectivity index (χ4v) is 2.62. The molecule has 0 atom stereocenters. The predicted molar refractivity (Wildman–Crippen MR) is 96.5 cm³/mol. The number of aryl methyl sites for hydroxylation is 1. The monoisotopic (exact) mass is 338 g/mol. The lowest BCUT2D eigenvalue weighted by molar-refractivity contribution is -0.115. The molecule has 0 bridgehead atoms. The van der Waals surface area contributed by atoms with Crippen LogP contribution in [0.2, 0.25) is 0 Å². The lowest BCUT2D eigenvalue weighted by Crippen LogP contribution is -2.18. The molecule has 24 heavy (non-hydrogen) atoms. The molecule has 0 unspecified atom stereocenters. The number of H-pyrrole nitrogens is 1. The quantitative estimate of drug-likeness (QED) is 0.700. The van der Waals surface area contributed by atoms with Gasteiger partial charge in [0.25, 0.3) is 0 Å². The van der Waals surface area contributed by atoms with Crippen LogP contribution in [0.5, 0.6) is 0 Å². The van der Waals surface area contributed by atoms with Crippen molar-refractivity contribution in [2.45, 2.75) is 19.9 Å².